The number of hydrogen-bond donors (Lipinski definition) is 3. The second-order valence-electron chi connectivity index (χ2n) is 5.23. The lowest BCUT2D eigenvalue weighted by Gasteiger charge is -2.19. The monoisotopic (exact) mass is 356 g/mol. The molecule has 0 aromatic heterocycles. The first-order valence-corrected chi connectivity index (χ1v) is 7.48. The van der Waals surface area contributed by atoms with Crippen LogP contribution in [0, 0.1) is 10.8 Å². The van der Waals surface area contributed by atoms with Crippen molar-refractivity contribution in [1.29, 1.82) is 10.8 Å². The summed E-state index contributed by atoms with van der Waals surface area (Å²) in [5, 5.41) is 24.6. The van der Waals surface area contributed by atoms with Gasteiger partial charge in [0.2, 0.25) is 0 Å². The number of aliphatic hydroxyl groups is 1. The minimum Gasteiger partial charge on any atom is -0.461 e. The largest absolute Gasteiger partial charge is 0.461 e. The molecule has 0 saturated carbocycles. The molecule has 0 radical (unpaired) electrons. The Hall–Kier alpha value is -2.05. The molecule has 0 fully saturated rings. The van der Waals surface area contributed by atoms with Gasteiger partial charge in [0.25, 0.3) is 5.92 Å². The number of aliphatic hydroxyl groups excluding tert-OH is 1. The zero-order valence-corrected chi connectivity index (χ0v) is 14.1. The standard InChI is InChI=1S/C17H19ClF2N2O2/c1-11(7-8-12(18)10-21)24-15-6-4-3-5-13(15)14(22)9-16(23)17(2,19)20/h3-8,10,16,21-23H,9H2,1-2H3/b11-7+,12-8+,21-10?,22-14?. The van der Waals surface area contributed by atoms with Crippen LogP contribution in [0.15, 0.2) is 47.2 Å². The van der Waals surface area contributed by atoms with E-state index in [1.807, 2.05) is 0 Å². The second kappa shape index (κ2) is 8.70. The summed E-state index contributed by atoms with van der Waals surface area (Å²) in [4.78, 5) is 0. The first kappa shape index (κ1) is 20.0. The molecule has 24 heavy (non-hydrogen) atoms. The van der Waals surface area contributed by atoms with Crippen LogP contribution < -0.4 is 4.74 Å². The van der Waals surface area contributed by atoms with Gasteiger partial charge >= 0.3 is 0 Å². The topological polar surface area (TPSA) is 77.2 Å². The highest BCUT2D eigenvalue weighted by Gasteiger charge is 2.33. The van der Waals surface area contributed by atoms with Crippen molar-refractivity contribution in [2.24, 2.45) is 0 Å². The van der Waals surface area contributed by atoms with Gasteiger partial charge in [0.1, 0.15) is 17.6 Å². The molecular formula is C17H19ClF2N2O2. The molecule has 130 valence electrons. The van der Waals surface area contributed by atoms with Crippen LogP contribution in [0.25, 0.3) is 0 Å². The number of benzene rings is 1. The third-order valence-corrected chi connectivity index (χ3v) is 3.32. The van der Waals surface area contributed by atoms with Gasteiger partial charge in [-0.05, 0) is 31.2 Å². The van der Waals surface area contributed by atoms with Crippen LogP contribution in [0.4, 0.5) is 8.78 Å². The Morgan fingerprint density at radius 3 is 2.58 bits per heavy atom. The maximum absolute atomic E-state index is 13.1. The predicted molar refractivity (Wildman–Crippen MR) is 91.6 cm³/mol. The minimum atomic E-state index is -3.29. The lowest BCUT2D eigenvalue weighted by atomic mass is 10.0. The maximum Gasteiger partial charge on any atom is 0.271 e. The van der Waals surface area contributed by atoms with Crippen molar-refractivity contribution in [3.8, 4) is 5.75 Å². The summed E-state index contributed by atoms with van der Waals surface area (Å²) in [6.45, 7) is 2.26. The van der Waals surface area contributed by atoms with Crippen molar-refractivity contribution >= 4 is 23.5 Å². The number of alkyl halides is 2. The van der Waals surface area contributed by atoms with Gasteiger partial charge in [-0.25, -0.2) is 8.78 Å². The summed E-state index contributed by atoms with van der Waals surface area (Å²) in [5.41, 5.74) is 0.163. The van der Waals surface area contributed by atoms with E-state index >= 15 is 0 Å². The molecule has 1 aromatic carbocycles. The van der Waals surface area contributed by atoms with E-state index in [0.29, 0.717) is 24.0 Å². The van der Waals surface area contributed by atoms with Gasteiger partial charge in [0.05, 0.1) is 5.03 Å². The molecule has 0 aliphatic heterocycles. The lowest BCUT2D eigenvalue weighted by molar-refractivity contribution is -0.0891. The van der Waals surface area contributed by atoms with Crippen LogP contribution in [0.5, 0.6) is 5.75 Å². The lowest BCUT2D eigenvalue weighted by Crippen LogP contribution is -2.32. The molecule has 1 atom stereocenters. The van der Waals surface area contributed by atoms with Gasteiger partial charge in [-0.2, -0.15) is 0 Å². The predicted octanol–water partition coefficient (Wildman–Crippen LogP) is 4.52. The summed E-state index contributed by atoms with van der Waals surface area (Å²) in [6, 6.07) is 6.49. The highest BCUT2D eigenvalue weighted by molar-refractivity contribution is 6.39. The van der Waals surface area contributed by atoms with E-state index in [1.165, 1.54) is 6.08 Å². The molecule has 1 unspecified atom stereocenters. The highest BCUT2D eigenvalue weighted by atomic mass is 35.5. The number of allylic oxidation sites excluding steroid dienone is 4. The molecule has 3 N–H and O–H groups in total. The summed E-state index contributed by atoms with van der Waals surface area (Å²) in [5.74, 6) is -2.54. The fourth-order valence-electron chi connectivity index (χ4n) is 1.74. The maximum atomic E-state index is 13.1. The molecule has 1 aromatic rings. The Morgan fingerprint density at radius 2 is 2.00 bits per heavy atom. The van der Waals surface area contributed by atoms with E-state index in [4.69, 9.17) is 27.2 Å². The van der Waals surface area contributed by atoms with Crippen molar-refractivity contribution in [3.05, 3.63) is 52.8 Å². The van der Waals surface area contributed by atoms with E-state index < -0.39 is 18.4 Å². The summed E-state index contributed by atoms with van der Waals surface area (Å²) in [6.07, 6.45) is 1.55. The number of rotatable bonds is 8. The molecule has 0 aliphatic carbocycles. The third kappa shape index (κ3) is 6.22. The van der Waals surface area contributed by atoms with E-state index in [2.05, 4.69) is 0 Å². The van der Waals surface area contributed by atoms with Gasteiger partial charge in [-0.3, -0.25) is 0 Å². The minimum absolute atomic E-state index is 0.152. The van der Waals surface area contributed by atoms with Crippen molar-refractivity contribution in [2.45, 2.75) is 32.3 Å². The number of ether oxygens (including phenoxy) is 1. The Balaban J connectivity index is 2.96. The molecule has 7 heteroatoms. The molecule has 0 aliphatic rings. The smallest absolute Gasteiger partial charge is 0.271 e. The van der Waals surface area contributed by atoms with Crippen LogP contribution in [0.1, 0.15) is 25.8 Å². The van der Waals surface area contributed by atoms with Crippen LogP contribution in [-0.2, 0) is 0 Å². The van der Waals surface area contributed by atoms with Crippen LogP contribution >= 0.6 is 11.6 Å². The van der Waals surface area contributed by atoms with Crippen molar-refractivity contribution < 1.29 is 18.6 Å². The Morgan fingerprint density at radius 1 is 1.38 bits per heavy atom. The van der Waals surface area contributed by atoms with E-state index in [0.717, 1.165) is 6.21 Å². The molecule has 1 rings (SSSR count). The van der Waals surface area contributed by atoms with E-state index in [9.17, 15) is 13.9 Å². The number of para-hydroxylation sites is 1. The van der Waals surface area contributed by atoms with Crippen molar-refractivity contribution in [1.82, 2.24) is 0 Å². The quantitative estimate of drug-likeness (QED) is 0.364. The summed E-state index contributed by atoms with van der Waals surface area (Å²) >= 11 is 5.68. The number of hydrogen-bond acceptors (Lipinski definition) is 4. The first-order valence-electron chi connectivity index (χ1n) is 7.10. The van der Waals surface area contributed by atoms with Gasteiger partial charge in [-0.15, -0.1) is 0 Å². The molecule has 0 spiro atoms. The van der Waals surface area contributed by atoms with Gasteiger partial charge in [-0.1, -0.05) is 23.7 Å². The Labute approximate surface area is 144 Å². The fraction of sp³-hybridized carbons (Fsp3) is 0.294. The SMILES string of the molecule is C/C(=C\C=C(\Cl)C=N)Oc1ccccc1C(=N)CC(O)C(C)(F)F. The molecule has 4 nitrogen and oxygen atoms in total. The average molecular weight is 357 g/mol. The fourth-order valence-corrected chi connectivity index (χ4v) is 1.80. The Kier molecular flexibility index (Phi) is 7.25. The summed E-state index contributed by atoms with van der Waals surface area (Å²) in [7, 11) is 0. The molecule has 0 heterocycles. The first-order chi connectivity index (χ1) is 11.1. The van der Waals surface area contributed by atoms with Gasteiger partial charge in [0.15, 0.2) is 0 Å². The third-order valence-electron chi connectivity index (χ3n) is 3.08. The van der Waals surface area contributed by atoms with Crippen LogP contribution in [0.3, 0.4) is 0 Å². The van der Waals surface area contributed by atoms with Crippen LogP contribution in [0.2, 0.25) is 0 Å². The Bertz CT molecular complexity index is 667. The second-order valence-corrected chi connectivity index (χ2v) is 5.66. The van der Waals surface area contributed by atoms with Crippen molar-refractivity contribution in [3.63, 3.8) is 0 Å². The normalized spacial score (nSPS) is 14.2. The number of nitrogens with one attached hydrogen (secondary N) is 2. The molecule has 0 bridgehead atoms. The highest BCUT2D eigenvalue weighted by Crippen LogP contribution is 2.26. The van der Waals surface area contributed by atoms with E-state index in [1.54, 1.807) is 37.3 Å². The van der Waals surface area contributed by atoms with E-state index in [-0.39, 0.29) is 10.7 Å². The zero-order chi connectivity index (χ0) is 18.3. The van der Waals surface area contributed by atoms with Gasteiger partial charge < -0.3 is 20.7 Å². The summed E-state index contributed by atoms with van der Waals surface area (Å²) < 4.78 is 31.8. The molecular weight excluding hydrogens is 338 g/mol. The number of halogens is 3. The molecule has 0 amide bonds. The van der Waals surface area contributed by atoms with Gasteiger partial charge in [0, 0.05) is 30.8 Å². The average Bonchev–Trinajstić information content (AvgIpc) is 2.52. The van der Waals surface area contributed by atoms with Crippen LogP contribution in [-0.4, -0.2) is 29.1 Å². The van der Waals surface area contributed by atoms with Crippen molar-refractivity contribution in [2.75, 3.05) is 0 Å². The zero-order valence-electron chi connectivity index (χ0n) is 13.3. The molecule has 0 saturated heterocycles.